The van der Waals surface area contributed by atoms with E-state index in [1.807, 2.05) is 0 Å². The van der Waals surface area contributed by atoms with Gasteiger partial charge in [-0.25, -0.2) is 0 Å². The zero-order valence-corrected chi connectivity index (χ0v) is 9.12. The summed E-state index contributed by atoms with van der Waals surface area (Å²) in [6.07, 6.45) is -4.52. The van der Waals surface area contributed by atoms with Gasteiger partial charge in [0.2, 0.25) is 0 Å². The van der Waals surface area contributed by atoms with Gasteiger partial charge in [-0.1, -0.05) is 18.2 Å². The quantitative estimate of drug-likeness (QED) is 0.830. The van der Waals surface area contributed by atoms with Crippen molar-refractivity contribution < 1.29 is 22.7 Å². The second kappa shape index (κ2) is 5.18. The maximum Gasteiger partial charge on any atom is 0.416 e. The minimum absolute atomic E-state index is 0.158. The number of carbonyl (C=O) groups is 1. The van der Waals surface area contributed by atoms with Gasteiger partial charge < -0.3 is 10.5 Å². The van der Waals surface area contributed by atoms with Crippen LogP contribution in [0.15, 0.2) is 24.3 Å². The molecular formula is C11H12F3NO2. The van der Waals surface area contributed by atoms with Crippen molar-refractivity contribution in [3.8, 4) is 0 Å². The van der Waals surface area contributed by atoms with Crippen LogP contribution in [-0.2, 0) is 15.7 Å². The Morgan fingerprint density at radius 3 is 2.47 bits per heavy atom. The third kappa shape index (κ3) is 2.97. The van der Waals surface area contributed by atoms with Gasteiger partial charge >= 0.3 is 12.1 Å². The predicted molar refractivity (Wildman–Crippen MR) is 55.3 cm³/mol. The molecule has 0 saturated carbocycles. The van der Waals surface area contributed by atoms with Crippen molar-refractivity contribution in [3.05, 3.63) is 35.4 Å². The number of methoxy groups -OCH3 is 1. The van der Waals surface area contributed by atoms with Gasteiger partial charge in [0.05, 0.1) is 18.6 Å². The zero-order valence-electron chi connectivity index (χ0n) is 9.12. The molecule has 0 bridgehead atoms. The van der Waals surface area contributed by atoms with E-state index in [9.17, 15) is 18.0 Å². The predicted octanol–water partition coefficient (Wildman–Crippen LogP) is 1.92. The van der Waals surface area contributed by atoms with Crippen LogP contribution in [0.5, 0.6) is 0 Å². The lowest BCUT2D eigenvalue weighted by molar-refractivity contribution is -0.143. The molecule has 0 aromatic heterocycles. The molecule has 1 atom stereocenters. The van der Waals surface area contributed by atoms with Crippen LogP contribution in [-0.4, -0.2) is 19.6 Å². The van der Waals surface area contributed by atoms with E-state index < -0.39 is 23.6 Å². The van der Waals surface area contributed by atoms with Crippen molar-refractivity contribution in [2.45, 2.75) is 12.1 Å². The Bertz CT molecular complexity index is 404. The Morgan fingerprint density at radius 1 is 1.41 bits per heavy atom. The van der Waals surface area contributed by atoms with Crippen molar-refractivity contribution in [1.29, 1.82) is 0 Å². The lowest BCUT2D eigenvalue weighted by Crippen LogP contribution is -2.25. The molecule has 94 valence electrons. The van der Waals surface area contributed by atoms with Gasteiger partial charge in [0.15, 0.2) is 0 Å². The maximum absolute atomic E-state index is 12.7. The SMILES string of the molecule is COC(=O)C(CN)c1ccccc1C(F)(F)F. The van der Waals surface area contributed by atoms with Crippen molar-refractivity contribution in [2.75, 3.05) is 13.7 Å². The molecule has 0 fully saturated rings. The lowest BCUT2D eigenvalue weighted by Gasteiger charge is -2.18. The van der Waals surface area contributed by atoms with Crippen LogP contribution >= 0.6 is 0 Å². The molecule has 6 heteroatoms. The van der Waals surface area contributed by atoms with Gasteiger partial charge in [-0.2, -0.15) is 13.2 Å². The number of alkyl halides is 3. The van der Waals surface area contributed by atoms with Crippen LogP contribution in [0.1, 0.15) is 17.0 Å². The van der Waals surface area contributed by atoms with Gasteiger partial charge in [-0.15, -0.1) is 0 Å². The number of benzene rings is 1. The molecule has 1 aromatic rings. The molecule has 3 nitrogen and oxygen atoms in total. The fraction of sp³-hybridized carbons (Fsp3) is 0.364. The zero-order chi connectivity index (χ0) is 13.1. The summed E-state index contributed by atoms with van der Waals surface area (Å²) in [5.74, 6) is -1.87. The van der Waals surface area contributed by atoms with E-state index in [-0.39, 0.29) is 12.1 Å². The smallest absolute Gasteiger partial charge is 0.416 e. The largest absolute Gasteiger partial charge is 0.469 e. The van der Waals surface area contributed by atoms with Crippen molar-refractivity contribution in [2.24, 2.45) is 5.73 Å². The number of hydrogen-bond acceptors (Lipinski definition) is 3. The number of nitrogens with two attached hydrogens (primary N) is 1. The van der Waals surface area contributed by atoms with Crippen LogP contribution in [0.3, 0.4) is 0 Å². The summed E-state index contributed by atoms with van der Waals surface area (Å²) in [5.41, 5.74) is 4.31. The Balaban J connectivity index is 3.25. The normalized spacial score (nSPS) is 13.2. The van der Waals surface area contributed by atoms with Crippen LogP contribution < -0.4 is 5.73 Å². The standard InChI is InChI=1S/C11H12F3NO2/c1-17-10(16)8(6-15)7-4-2-3-5-9(7)11(12,13)14/h2-5,8H,6,15H2,1H3. The Morgan fingerprint density at radius 2 is 2.00 bits per heavy atom. The van der Waals surface area contributed by atoms with E-state index in [0.717, 1.165) is 13.2 Å². The molecule has 1 aromatic carbocycles. The fourth-order valence-corrected chi connectivity index (χ4v) is 1.55. The second-order valence-corrected chi connectivity index (χ2v) is 3.40. The van der Waals surface area contributed by atoms with Crippen molar-refractivity contribution in [3.63, 3.8) is 0 Å². The highest BCUT2D eigenvalue weighted by Gasteiger charge is 2.36. The molecule has 17 heavy (non-hydrogen) atoms. The minimum Gasteiger partial charge on any atom is -0.469 e. The van der Waals surface area contributed by atoms with E-state index >= 15 is 0 Å². The molecule has 0 heterocycles. The molecular weight excluding hydrogens is 235 g/mol. The number of esters is 1. The minimum atomic E-state index is -4.52. The third-order valence-corrected chi connectivity index (χ3v) is 2.36. The summed E-state index contributed by atoms with van der Waals surface area (Å²) in [4.78, 5) is 11.4. The summed E-state index contributed by atoms with van der Waals surface area (Å²) in [6.45, 7) is -0.236. The average molecular weight is 247 g/mol. The average Bonchev–Trinajstić information content (AvgIpc) is 2.29. The van der Waals surface area contributed by atoms with Crippen LogP contribution in [0.25, 0.3) is 0 Å². The molecule has 1 unspecified atom stereocenters. The van der Waals surface area contributed by atoms with Gasteiger partial charge in [0.1, 0.15) is 0 Å². The molecule has 0 saturated heterocycles. The first-order chi connectivity index (χ1) is 7.91. The highest BCUT2D eigenvalue weighted by Crippen LogP contribution is 2.35. The van der Waals surface area contributed by atoms with Crippen LogP contribution in [0.2, 0.25) is 0 Å². The molecule has 2 N–H and O–H groups in total. The first kappa shape index (κ1) is 13.5. The number of rotatable bonds is 3. The first-order valence-corrected chi connectivity index (χ1v) is 4.85. The summed E-state index contributed by atoms with van der Waals surface area (Å²) < 4.78 is 42.6. The number of carbonyl (C=O) groups excluding carboxylic acids is 1. The molecule has 0 spiro atoms. The molecule has 1 rings (SSSR count). The fourth-order valence-electron chi connectivity index (χ4n) is 1.55. The summed E-state index contributed by atoms with van der Waals surface area (Å²) in [7, 11) is 1.11. The van der Waals surface area contributed by atoms with Crippen LogP contribution in [0, 0.1) is 0 Å². The maximum atomic E-state index is 12.7. The number of halogens is 3. The monoisotopic (exact) mass is 247 g/mol. The van der Waals surface area contributed by atoms with E-state index in [0.29, 0.717) is 0 Å². The van der Waals surface area contributed by atoms with Crippen molar-refractivity contribution >= 4 is 5.97 Å². The third-order valence-electron chi connectivity index (χ3n) is 2.36. The number of hydrogen-bond donors (Lipinski definition) is 1. The Labute approximate surface area is 96.4 Å². The van der Waals surface area contributed by atoms with E-state index in [2.05, 4.69) is 4.74 Å². The molecule has 0 aliphatic carbocycles. The molecule has 0 amide bonds. The first-order valence-electron chi connectivity index (χ1n) is 4.85. The van der Waals surface area contributed by atoms with Gasteiger partial charge in [0.25, 0.3) is 0 Å². The highest BCUT2D eigenvalue weighted by molar-refractivity contribution is 5.79. The Hall–Kier alpha value is -1.56. The summed E-state index contributed by atoms with van der Waals surface area (Å²) in [5, 5.41) is 0. The second-order valence-electron chi connectivity index (χ2n) is 3.40. The topological polar surface area (TPSA) is 52.3 Å². The number of ether oxygens (including phenoxy) is 1. The summed E-state index contributed by atoms with van der Waals surface area (Å²) in [6, 6.07) is 4.84. The summed E-state index contributed by atoms with van der Waals surface area (Å²) >= 11 is 0. The van der Waals surface area contributed by atoms with Gasteiger partial charge in [-0.05, 0) is 11.6 Å². The molecule has 0 aliphatic rings. The molecule has 0 aliphatic heterocycles. The van der Waals surface area contributed by atoms with Crippen molar-refractivity contribution in [1.82, 2.24) is 0 Å². The molecule has 0 radical (unpaired) electrons. The van der Waals surface area contributed by atoms with E-state index in [4.69, 9.17) is 5.73 Å². The van der Waals surface area contributed by atoms with Gasteiger partial charge in [-0.3, -0.25) is 4.79 Å². The lowest BCUT2D eigenvalue weighted by atomic mass is 9.94. The van der Waals surface area contributed by atoms with E-state index in [1.165, 1.54) is 18.2 Å². The highest BCUT2D eigenvalue weighted by atomic mass is 19.4. The Kier molecular flexibility index (Phi) is 4.11. The van der Waals surface area contributed by atoms with Crippen LogP contribution in [0.4, 0.5) is 13.2 Å². The van der Waals surface area contributed by atoms with Gasteiger partial charge in [0, 0.05) is 6.54 Å². The van der Waals surface area contributed by atoms with E-state index in [1.54, 1.807) is 0 Å².